The van der Waals surface area contributed by atoms with E-state index in [1.54, 1.807) is 18.3 Å². The summed E-state index contributed by atoms with van der Waals surface area (Å²) in [4.78, 5) is 56.0. The van der Waals surface area contributed by atoms with Crippen LogP contribution in [0.1, 0.15) is 236 Å². The fourth-order valence-electron chi connectivity index (χ4n) is 7.65. The third-order valence-corrected chi connectivity index (χ3v) is 11.8. The maximum absolute atomic E-state index is 13.3. The molecule has 65 heavy (non-hydrogen) atoms. The van der Waals surface area contributed by atoms with E-state index in [9.17, 15) is 19.2 Å². The lowest BCUT2D eigenvalue weighted by Gasteiger charge is -2.19. The quantitative estimate of drug-likeness (QED) is 0.0251. The highest BCUT2D eigenvalue weighted by Gasteiger charge is 2.21. The first-order chi connectivity index (χ1) is 31.8. The van der Waals surface area contributed by atoms with Gasteiger partial charge in [0.25, 0.3) is 5.91 Å². The predicted molar refractivity (Wildman–Crippen MR) is 276 cm³/mol. The monoisotopic (exact) mass is 905 g/mol. The van der Waals surface area contributed by atoms with Crippen molar-refractivity contribution in [1.29, 1.82) is 0 Å². The molecule has 2 unspecified atom stereocenters. The van der Waals surface area contributed by atoms with E-state index in [4.69, 9.17) is 5.73 Å². The van der Waals surface area contributed by atoms with Gasteiger partial charge in [-0.2, -0.15) is 0 Å². The number of rotatable bonds is 44. The van der Waals surface area contributed by atoms with Gasteiger partial charge in [-0.05, 0) is 102 Å². The Balaban J connectivity index is 2.47. The summed E-state index contributed by atoms with van der Waals surface area (Å²) in [6.45, 7) is 7.79. The van der Waals surface area contributed by atoms with Crippen LogP contribution in [0.4, 0.5) is 0 Å². The molecule has 4 amide bonds. The lowest BCUT2D eigenvalue weighted by molar-refractivity contribution is -0.129. The zero-order valence-electron chi connectivity index (χ0n) is 41.8. The SMILES string of the molecule is CCCCCCCC/C=C\CCCCCCCC(=O)NCC(NC(=O)CCCCCCC/C=C\CCCCCCCC)C(=O)NCC/N=C\c1ccc(C(=O)NCCCCC(C)N)cc1. The van der Waals surface area contributed by atoms with Gasteiger partial charge >= 0.3 is 0 Å². The number of hydrogen-bond donors (Lipinski definition) is 5. The van der Waals surface area contributed by atoms with Crippen LogP contribution in [0.3, 0.4) is 0 Å². The Hall–Kier alpha value is -3.79. The first-order valence-electron chi connectivity index (χ1n) is 26.5. The van der Waals surface area contributed by atoms with Crippen LogP contribution in [0.5, 0.6) is 0 Å². The van der Waals surface area contributed by atoms with E-state index >= 15 is 0 Å². The number of allylic oxidation sites excluding steroid dienone is 4. The van der Waals surface area contributed by atoms with Gasteiger partial charge in [-0.25, -0.2) is 0 Å². The molecule has 0 aromatic heterocycles. The molecule has 0 saturated carbocycles. The second kappa shape index (κ2) is 44.1. The van der Waals surface area contributed by atoms with Crippen LogP contribution in [-0.2, 0) is 14.4 Å². The van der Waals surface area contributed by atoms with Crippen LogP contribution < -0.4 is 27.0 Å². The molecule has 2 atom stereocenters. The molecule has 0 radical (unpaired) electrons. The number of amides is 4. The molecule has 0 aliphatic rings. The highest BCUT2D eigenvalue weighted by atomic mass is 16.2. The maximum Gasteiger partial charge on any atom is 0.251 e. The topological polar surface area (TPSA) is 155 Å². The minimum atomic E-state index is -0.865. The van der Waals surface area contributed by atoms with Gasteiger partial charge in [-0.3, -0.25) is 24.2 Å². The van der Waals surface area contributed by atoms with Crippen LogP contribution in [0.25, 0.3) is 0 Å². The summed E-state index contributed by atoms with van der Waals surface area (Å²) in [5.41, 5.74) is 7.23. The molecule has 1 aromatic rings. The van der Waals surface area contributed by atoms with E-state index in [2.05, 4.69) is 64.4 Å². The van der Waals surface area contributed by atoms with Gasteiger partial charge in [0.15, 0.2) is 0 Å². The molecule has 0 heterocycles. The van der Waals surface area contributed by atoms with Gasteiger partial charge in [0.2, 0.25) is 17.7 Å². The van der Waals surface area contributed by atoms with Crippen LogP contribution in [-0.4, -0.2) is 68.1 Å². The van der Waals surface area contributed by atoms with Crippen molar-refractivity contribution in [1.82, 2.24) is 21.3 Å². The number of nitrogens with one attached hydrogen (secondary N) is 4. The molecule has 0 saturated heterocycles. The number of carbonyl (C=O) groups excluding carboxylic acids is 4. The predicted octanol–water partition coefficient (Wildman–Crippen LogP) is 12.1. The summed E-state index contributed by atoms with van der Waals surface area (Å²) in [6.07, 6.45) is 45.7. The van der Waals surface area contributed by atoms with Crippen molar-refractivity contribution in [3.8, 4) is 0 Å². The third kappa shape index (κ3) is 38.1. The van der Waals surface area contributed by atoms with Crippen molar-refractivity contribution >= 4 is 29.8 Å². The summed E-state index contributed by atoms with van der Waals surface area (Å²) < 4.78 is 0. The molecule has 0 fully saturated rings. The molecule has 370 valence electrons. The van der Waals surface area contributed by atoms with Crippen molar-refractivity contribution in [2.75, 3.05) is 26.2 Å². The zero-order chi connectivity index (χ0) is 47.3. The highest BCUT2D eigenvalue weighted by Crippen LogP contribution is 2.12. The second-order valence-electron chi connectivity index (χ2n) is 18.3. The van der Waals surface area contributed by atoms with Crippen LogP contribution in [0.2, 0.25) is 0 Å². The van der Waals surface area contributed by atoms with Gasteiger partial charge in [0, 0.05) is 50.3 Å². The highest BCUT2D eigenvalue weighted by molar-refractivity contribution is 5.95. The van der Waals surface area contributed by atoms with Crippen molar-refractivity contribution in [3.05, 3.63) is 59.7 Å². The molecule has 0 spiro atoms. The minimum Gasteiger partial charge on any atom is -0.353 e. The zero-order valence-corrected chi connectivity index (χ0v) is 41.8. The Morgan fingerprint density at radius 3 is 1.54 bits per heavy atom. The minimum absolute atomic E-state index is 0.0456. The van der Waals surface area contributed by atoms with Crippen molar-refractivity contribution in [3.63, 3.8) is 0 Å². The van der Waals surface area contributed by atoms with Crippen molar-refractivity contribution < 1.29 is 19.2 Å². The number of unbranched alkanes of at least 4 members (excludes halogenated alkanes) is 23. The van der Waals surface area contributed by atoms with Crippen LogP contribution in [0, 0.1) is 0 Å². The number of hydrogen-bond acceptors (Lipinski definition) is 6. The molecule has 10 nitrogen and oxygen atoms in total. The molecule has 0 bridgehead atoms. The Bertz CT molecular complexity index is 1410. The number of nitrogens with two attached hydrogens (primary N) is 1. The van der Waals surface area contributed by atoms with E-state index in [0.717, 1.165) is 82.6 Å². The lowest BCUT2D eigenvalue weighted by Crippen LogP contribution is -2.53. The molecule has 1 aromatic carbocycles. The molecular formula is C55H96N6O4. The second-order valence-corrected chi connectivity index (χ2v) is 18.3. The number of nitrogens with zero attached hydrogens (tertiary/aromatic N) is 1. The van der Waals surface area contributed by atoms with Gasteiger partial charge in [0.1, 0.15) is 6.04 Å². The Labute approximate surface area is 397 Å². The summed E-state index contributed by atoms with van der Waals surface area (Å²) in [6, 6.07) is 6.54. The summed E-state index contributed by atoms with van der Waals surface area (Å²) >= 11 is 0. The number of aliphatic imine (C=N–C) groups is 1. The van der Waals surface area contributed by atoms with E-state index in [1.807, 2.05) is 19.1 Å². The summed E-state index contributed by atoms with van der Waals surface area (Å²) in [7, 11) is 0. The fourth-order valence-corrected chi connectivity index (χ4v) is 7.65. The molecule has 1 rings (SSSR count). The van der Waals surface area contributed by atoms with E-state index in [1.165, 1.54) is 109 Å². The Kier molecular flexibility index (Phi) is 40.2. The van der Waals surface area contributed by atoms with Crippen LogP contribution >= 0.6 is 0 Å². The maximum atomic E-state index is 13.3. The number of carbonyl (C=O) groups is 4. The molecular weight excluding hydrogens is 809 g/mol. The Morgan fingerprint density at radius 2 is 1.03 bits per heavy atom. The van der Waals surface area contributed by atoms with Gasteiger partial charge in [-0.15, -0.1) is 0 Å². The van der Waals surface area contributed by atoms with E-state index < -0.39 is 6.04 Å². The fraction of sp³-hybridized carbons (Fsp3) is 0.727. The average molecular weight is 905 g/mol. The van der Waals surface area contributed by atoms with Gasteiger partial charge in [0.05, 0.1) is 6.54 Å². The normalized spacial score (nSPS) is 12.6. The van der Waals surface area contributed by atoms with Gasteiger partial charge < -0.3 is 27.0 Å². The summed E-state index contributed by atoms with van der Waals surface area (Å²) in [5, 5.41) is 11.6. The average Bonchev–Trinajstić information content (AvgIpc) is 3.30. The molecule has 6 N–H and O–H groups in total. The van der Waals surface area contributed by atoms with Crippen LogP contribution in [0.15, 0.2) is 53.6 Å². The molecule has 0 aliphatic carbocycles. The Morgan fingerprint density at radius 1 is 0.554 bits per heavy atom. The standard InChI is InChI=1S/C55H96N6O4/c1-4-6-8-10-12-14-16-18-20-22-24-26-28-30-32-37-52(62)60-47-51(61-53(63)38-33-31-29-27-25-23-21-19-17-15-13-11-9-7-5-2)55(65)59-45-44-57-46-49-39-41-50(42-40-49)54(64)58-43-35-34-36-48(3)56/h18-21,39-42,46,48,51H,4-17,22-38,43-45,47,56H2,1-3H3,(H,58,64)(H,59,65)(H,60,62)(H,61,63)/b20-18-,21-19-,57-46-. The largest absolute Gasteiger partial charge is 0.353 e. The van der Waals surface area contributed by atoms with Crippen molar-refractivity contribution in [2.45, 2.75) is 232 Å². The van der Waals surface area contributed by atoms with E-state index in [-0.39, 0.29) is 42.8 Å². The smallest absolute Gasteiger partial charge is 0.251 e. The van der Waals surface area contributed by atoms with Gasteiger partial charge in [-0.1, -0.05) is 159 Å². The molecule has 0 aliphatic heterocycles. The molecule has 10 heteroatoms. The summed E-state index contributed by atoms with van der Waals surface area (Å²) in [5.74, 6) is -0.722. The first kappa shape index (κ1) is 59.2. The third-order valence-electron chi connectivity index (χ3n) is 11.8. The van der Waals surface area contributed by atoms with E-state index in [0.29, 0.717) is 31.5 Å². The lowest BCUT2D eigenvalue weighted by atomic mass is 10.1. The first-order valence-corrected chi connectivity index (χ1v) is 26.5. The number of benzene rings is 1. The van der Waals surface area contributed by atoms with Crippen molar-refractivity contribution in [2.24, 2.45) is 10.7 Å².